The third-order valence-electron chi connectivity index (χ3n) is 5.82. The molecule has 0 aliphatic carbocycles. The molecule has 3 aromatic rings. The summed E-state index contributed by atoms with van der Waals surface area (Å²) in [5.74, 6) is -0.0911. The highest BCUT2D eigenvalue weighted by atomic mass is 16.5. The number of carbonyl (C=O) groups is 2. The number of ether oxygens (including phenoxy) is 1. The first kappa shape index (κ1) is 23.2. The molecule has 0 saturated carbocycles. The Bertz CT molecular complexity index is 1230. The van der Waals surface area contributed by atoms with Crippen LogP contribution >= 0.6 is 0 Å². The van der Waals surface area contributed by atoms with Crippen LogP contribution in [0.25, 0.3) is 6.08 Å². The number of para-hydroxylation sites is 2. The molecule has 0 radical (unpaired) electrons. The minimum atomic E-state index is -1.90. The number of hydrogen-bond acceptors (Lipinski definition) is 4. The van der Waals surface area contributed by atoms with E-state index in [9.17, 15) is 14.7 Å². The van der Waals surface area contributed by atoms with E-state index in [0.717, 1.165) is 16.9 Å². The molecule has 1 aliphatic heterocycles. The monoisotopic (exact) mass is 453 g/mol. The molecule has 0 saturated heterocycles. The summed E-state index contributed by atoms with van der Waals surface area (Å²) in [4.78, 5) is 27.4. The van der Waals surface area contributed by atoms with Crippen molar-refractivity contribution in [2.24, 2.45) is 0 Å². The fraction of sp³-hybridized carbons (Fsp3) is 0.172. The maximum absolute atomic E-state index is 13.3. The molecular formula is C29H27NO4. The Morgan fingerprint density at radius 2 is 1.68 bits per heavy atom. The Kier molecular flexibility index (Phi) is 7.04. The molecule has 0 fully saturated rings. The maximum atomic E-state index is 13.3. The molecule has 1 unspecified atom stereocenters. The molecule has 0 spiro atoms. The Balaban J connectivity index is 1.44. The van der Waals surface area contributed by atoms with Gasteiger partial charge in [0.05, 0.1) is 18.7 Å². The maximum Gasteiger partial charge on any atom is 0.264 e. The predicted octanol–water partition coefficient (Wildman–Crippen LogP) is 4.84. The fourth-order valence-electron chi connectivity index (χ4n) is 4.07. The molecule has 1 aliphatic rings. The lowest BCUT2D eigenvalue weighted by molar-refractivity contribution is -0.140. The Morgan fingerprint density at radius 3 is 2.47 bits per heavy atom. The molecule has 4 rings (SSSR count). The molecule has 3 aromatic carbocycles. The van der Waals surface area contributed by atoms with Crippen molar-refractivity contribution in [2.75, 3.05) is 18.1 Å². The van der Waals surface area contributed by atoms with Gasteiger partial charge in [0, 0.05) is 5.56 Å². The van der Waals surface area contributed by atoms with Gasteiger partial charge in [0.2, 0.25) is 0 Å². The highest BCUT2D eigenvalue weighted by Gasteiger charge is 2.50. The second-order valence-corrected chi connectivity index (χ2v) is 8.22. The number of nitrogens with zero attached hydrogens (tertiary/aromatic N) is 1. The van der Waals surface area contributed by atoms with E-state index in [1.807, 2.05) is 73.7 Å². The second kappa shape index (κ2) is 10.3. The van der Waals surface area contributed by atoms with Crippen LogP contribution in [0.15, 0.2) is 97.1 Å². The summed E-state index contributed by atoms with van der Waals surface area (Å²) < 4.78 is 5.85. The van der Waals surface area contributed by atoms with E-state index in [1.165, 1.54) is 11.0 Å². The first-order valence-electron chi connectivity index (χ1n) is 11.2. The normalized spacial score (nSPS) is 17.5. The number of amides is 1. The van der Waals surface area contributed by atoms with Crippen molar-refractivity contribution in [3.05, 3.63) is 114 Å². The summed E-state index contributed by atoms with van der Waals surface area (Å²) >= 11 is 0. The topological polar surface area (TPSA) is 66.8 Å². The molecule has 1 heterocycles. The van der Waals surface area contributed by atoms with Crippen molar-refractivity contribution in [1.82, 2.24) is 0 Å². The van der Waals surface area contributed by atoms with Crippen LogP contribution in [0.5, 0.6) is 5.75 Å². The summed E-state index contributed by atoms with van der Waals surface area (Å²) in [5, 5.41) is 11.3. The van der Waals surface area contributed by atoms with Gasteiger partial charge in [-0.15, -0.1) is 0 Å². The number of carbonyl (C=O) groups excluding carboxylic acids is 2. The highest BCUT2D eigenvalue weighted by molar-refractivity contribution is 6.09. The highest BCUT2D eigenvalue weighted by Crippen LogP contribution is 2.42. The van der Waals surface area contributed by atoms with Crippen LogP contribution in [0.3, 0.4) is 0 Å². The standard InChI is InChI=1S/C29H27NO4/c1-22-11-5-10-18-27(22)34-20-19-30-26-17-9-8-16-25(26)29(33,28(30)32)21-24(31)15-7-6-14-23-12-3-2-4-13-23/h2-18,33H,19-21H2,1H3/b14-6+,15-7+. The Labute approximate surface area is 199 Å². The molecule has 5 nitrogen and oxygen atoms in total. The molecule has 1 amide bonds. The summed E-state index contributed by atoms with van der Waals surface area (Å²) in [7, 11) is 0. The van der Waals surface area contributed by atoms with Crippen molar-refractivity contribution in [3.63, 3.8) is 0 Å². The van der Waals surface area contributed by atoms with E-state index in [4.69, 9.17) is 4.74 Å². The number of rotatable bonds is 9. The smallest absolute Gasteiger partial charge is 0.264 e. The van der Waals surface area contributed by atoms with Gasteiger partial charge < -0.3 is 14.7 Å². The Hall–Kier alpha value is -3.96. The number of ketones is 1. The van der Waals surface area contributed by atoms with E-state index >= 15 is 0 Å². The zero-order valence-corrected chi connectivity index (χ0v) is 19.1. The largest absolute Gasteiger partial charge is 0.491 e. The van der Waals surface area contributed by atoms with E-state index in [0.29, 0.717) is 11.3 Å². The van der Waals surface area contributed by atoms with Gasteiger partial charge in [0.1, 0.15) is 12.4 Å². The van der Waals surface area contributed by atoms with E-state index in [2.05, 4.69) is 0 Å². The van der Waals surface area contributed by atoms with Crippen molar-refractivity contribution < 1.29 is 19.4 Å². The van der Waals surface area contributed by atoms with E-state index in [1.54, 1.807) is 30.4 Å². The van der Waals surface area contributed by atoms with Crippen LogP contribution < -0.4 is 9.64 Å². The lowest BCUT2D eigenvalue weighted by Crippen LogP contribution is -2.43. The molecule has 5 heteroatoms. The fourth-order valence-corrected chi connectivity index (χ4v) is 4.07. The average molecular weight is 454 g/mol. The van der Waals surface area contributed by atoms with Crippen LogP contribution in [-0.2, 0) is 15.2 Å². The minimum absolute atomic E-state index is 0.260. The van der Waals surface area contributed by atoms with Gasteiger partial charge >= 0.3 is 0 Å². The van der Waals surface area contributed by atoms with Gasteiger partial charge in [-0.3, -0.25) is 9.59 Å². The predicted molar refractivity (Wildman–Crippen MR) is 134 cm³/mol. The number of fused-ring (bicyclic) bond motifs is 1. The minimum Gasteiger partial charge on any atom is -0.491 e. The van der Waals surface area contributed by atoms with Gasteiger partial charge in [-0.05, 0) is 36.3 Å². The van der Waals surface area contributed by atoms with Crippen LogP contribution in [0.4, 0.5) is 5.69 Å². The molecule has 1 atom stereocenters. The quantitative estimate of drug-likeness (QED) is 0.372. The number of aliphatic hydroxyl groups is 1. The lowest BCUT2D eigenvalue weighted by Gasteiger charge is -2.22. The van der Waals surface area contributed by atoms with Gasteiger partial charge in [-0.1, -0.05) is 85.0 Å². The summed E-state index contributed by atoms with van der Waals surface area (Å²) in [5.41, 5.74) is 1.17. The first-order chi connectivity index (χ1) is 16.5. The Morgan fingerprint density at radius 1 is 0.971 bits per heavy atom. The molecule has 34 heavy (non-hydrogen) atoms. The zero-order chi connectivity index (χ0) is 24.0. The van der Waals surface area contributed by atoms with E-state index < -0.39 is 11.5 Å². The average Bonchev–Trinajstić information content (AvgIpc) is 3.05. The summed E-state index contributed by atoms with van der Waals surface area (Å²) in [6.45, 7) is 2.48. The molecule has 1 N–H and O–H groups in total. The second-order valence-electron chi connectivity index (χ2n) is 8.22. The van der Waals surface area contributed by atoms with Gasteiger partial charge in [-0.25, -0.2) is 0 Å². The number of anilines is 1. The van der Waals surface area contributed by atoms with Crippen LogP contribution in [0.1, 0.15) is 23.1 Å². The zero-order valence-electron chi connectivity index (χ0n) is 19.1. The number of hydrogen-bond donors (Lipinski definition) is 1. The molecular weight excluding hydrogens is 426 g/mol. The van der Waals surface area contributed by atoms with E-state index in [-0.39, 0.29) is 25.4 Å². The van der Waals surface area contributed by atoms with Crippen molar-refractivity contribution in [1.29, 1.82) is 0 Å². The molecule has 0 aromatic heterocycles. The number of allylic oxidation sites excluding steroid dienone is 3. The number of benzene rings is 3. The van der Waals surface area contributed by atoms with Crippen LogP contribution in [0.2, 0.25) is 0 Å². The van der Waals surface area contributed by atoms with Gasteiger partial charge in [-0.2, -0.15) is 0 Å². The summed E-state index contributed by atoms with van der Waals surface area (Å²) in [6, 6.07) is 24.4. The third-order valence-corrected chi connectivity index (χ3v) is 5.82. The van der Waals surface area contributed by atoms with Gasteiger partial charge in [0.25, 0.3) is 5.91 Å². The van der Waals surface area contributed by atoms with Crippen LogP contribution in [-0.4, -0.2) is 29.9 Å². The lowest BCUT2D eigenvalue weighted by atomic mass is 9.90. The van der Waals surface area contributed by atoms with Crippen molar-refractivity contribution >= 4 is 23.5 Å². The first-order valence-corrected chi connectivity index (χ1v) is 11.2. The third kappa shape index (κ3) is 5.00. The van der Waals surface area contributed by atoms with Gasteiger partial charge in [0.15, 0.2) is 11.4 Å². The van der Waals surface area contributed by atoms with Crippen molar-refractivity contribution in [3.8, 4) is 5.75 Å². The van der Waals surface area contributed by atoms with Crippen LogP contribution in [0, 0.1) is 6.92 Å². The number of aryl methyl sites for hydroxylation is 1. The SMILES string of the molecule is Cc1ccccc1OCCN1C(=O)C(O)(CC(=O)/C=C/C=C/c2ccccc2)c2ccccc21. The molecule has 172 valence electrons. The summed E-state index contributed by atoms with van der Waals surface area (Å²) in [6.07, 6.45) is 6.32. The van der Waals surface area contributed by atoms with Crippen molar-refractivity contribution in [2.45, 2.75) is 18.9 Å². The molecule has 0 bridgehead atoms.